The highest BCUT2D eigenvalue weighted by atomic mass is 35.5. The van der Waals surface area contributed by atoms with Gasteiger partial charge in [0.1, 0.15) is 6.54 Å². The number of carbonyl (C=O) groups excluding carboxylic acids is 1. The van der Waals surface area contributed by atoms with Gasteiger partial charge >= 0.3 is 5.97 Å². The lowest BCUT2D eigenvalue weighted by Crippen LogP contribution is -2.27. The van der Waals surface area contributed by atoms with Crippen LogP contribution < -0.4 is 10.0 Å². The first-order valence-corrected chi connectivity index (χ1v) is 10.4. The Labute approximate surface area is 164 Å². The number of benzene rings is 2. The maximum atomic E-state index is 12.3. The van der Waals surface area contributed by atoms with Gasteiger partial charge in [0.25, 0.3) is 0 Å². The van der Waals surface area contributed by atoms with E-state index in [4.69, 9.17) is 16.3 Å². The van der Waals surface area contributed by atoms with Gasteiger partial charge in [-0.1, -0.05) is 30.7 Å². The van der Waals surface area contributed by atoms with Crippen LogP contribution in [0.2, 0.25) is 5.02 Å². The van der Waals surface area contributed by atoms with E-state index < -0.39 is 10.0 Å². The van der Waals surface area contributed by atoms with E-state index in [-0.39, 0.29) is 29.9 Å². The predicted molar refractivity (Wildman–Crippen MR) is 107 cm³/mol. The number of rotatable bonds is 9. The Morgan fingerprint density at radius 3 is 2.33 bits per heavy atom. The molecule has 2 rings (SSSR count). The van der Waals surface area contributed by atoms with Crippen molar-refractivity contribution < 1.29 is 17.9 Å². The van der Waals surface area contributed by atoms with Gasteiger partial charge in [0.15, 0.2) is 0 Å². The fraction of sp³-hybridized carbons (Fsp3) is 0.316. The number of sulfonamides is 1. The largest absolute Gasteiger partial charge is 0.465 e. The van der Waals surface area contributed by atoms with E-state index in [9.17, 15) is 13.2 Å². The molecule has 1 atom stereocenters. The number of carbonyl (C=O) groups is 1. The van der Waals surface area contributed by atoms with Gasteiger partial charge in [0, 0.05) is 17.3 Å². The molecule has 0 saturated heterocycles. The minimum Gasteiger partial charge on any atom is -0.465 e. The van der Waals surface area contributed by atoms with Crippen molar-refractivity contribution in [2.45, 2.75) is 24.7 Å². The van der Waals surface area contributed by atoms with Crippen LogP contribution >= 0.6 is 11.6 Å². The lowest BCUT2D eigenvalue weighted by molar-refractivity contribution is -0.140. The Kier molecular flexibility index (Phi) is 7.65. The third-order valence-corrected chi connectivity index (χ3v) is 5.62. The molecule has 0 radical (unpaired) electrons. The molecule has 2 aromatic rings. The fourth-order valence-electron chi connectivity index (χ4n) is 2.37. The van der Waals surface area contributed by atoms with Gasteiger partial charge in [-0.25, -0.2) is 13.1 Å². The predicted octanol–water partition coefficient (Wildman–Crippen LogP) is 3.40. The van der Waals surface area contributed by atoms with Crippen LogP contribution in [0.4, 0.5) is 5.69 Å². The van der Waals surface area contributed by atoms with Crippen molar-refractivity contribution in [2.24, 2.45) is 0 Å². The molecule has 0 aliphatic rings. The molecule has 0 aliphatic heterocycles. The van der Waals surface area contributed by atoms with Crippen LogP contribution in [0.1, 0.15) is 25.3 Å². The molecular weight excluding hydrogens is 388 g/mol. The molecule has 0 aromatic heterocycles. The lowest BCUT2D eigenvalue weighted by atomic mass is 10.0. The summed E-state index contributed by atoms with van der Waals surface area (Å²) >= 11 is 5.79. The van der Waals surface area contributed by atoms with Crippen molar-refractivity contribution in [3.63, 3.8) is 0 Å². The Balaban J connectivity index is 1.91. The number of anilines is 1. The van der Waals surface area contributed by atoms with Gasteiger partial charge in [0.2, 0.25) is 10.0 Å². The number of halogens is 1. The second kappa shape index (κ2) is 9.73. The Hall–Kier alpha value is -2.09. The molecular formula is C19H23ClN2O4S. The summed E-state index contributed by atoms with van der Waals surface area (Å²) in [5.74, 6) is -0.335. The highest BCUT2D eigenvalue weighted by Crippen LogP contribution is 2.19. The molecule has 146 valence electrons. The molecule has 0 bridgehead atoms. The summed E-state index contributed by atoms with van der Waals surface area (Å²) < 4.78 is 32.1. The Bertz CT molecular complexity index is 852. The first-order valence-electron chi connectivity index (χ1n) is 8.56. The van der Waals surface area contributed by atoms with E-state index in [0.29, 0.717) is 11.6 Å². The summed E-state index contributed by atoms with van der Waals surface area (Å²) in [6, 6.07) is 13.5. The molecule has 2 N–H and O–H groups in total. The van der Waals surface area contributed by atoms with Crippen LogP contribution in [0.5, 0.6) is 0 Å². The summed E-state index contributed by atoms with van der Waals surface area (Å²) in [7, 11) is -3.58. The second-order valence-electron chi connectivity index (χ2n) is 5.99. The lowest BCUT2D eigenvalue weighted by Gasteiger charge is -2.14. The SMILES string of the molecule is CCOC(=O)CNc1ccc(C(C)CNS(=O)(=O)c2ccc(Cl)cc2)cc1. The molecule has 0 saturated carbocycles. The van der Waals surface area contributed by atoms with Gasteiger partial charge in [-0.05, 0) is 54.8 Å². The molecule has 1 unspecified atom stereocenters. The normalized spacial score (nSPS) is 12.4. The van der Waals surface area contributed by atoms with Gasteiger partial charge in [-0.2, -0.15) is 0 Å². The van der Waals surface area contributed by atoms with Crippen molar-refractivity contribution in [1.29, 1.82) is 0 Å². The number of ether oxygens (including phenoxy) is 1. The highest BCUT2D eigenvalue weighted by molar-refractivity contribution is 7.89. The summed E-state index contributed by atoms with van der Waals surface area (Å²) in [4.78, 5) is 11.5. The maximum absolute atomic E-state index is 12.3. The Morgan fingerprint density at radius 1 is 1.11 bits per heavy atom. The second-order valence-corrected chi connectivity index (χ2v) is 8.19. The van der Waals surface area contributed by atoms with E-state index in [1.165, 1.54) is 12.1 Å². The van der Waals surface area contributed by atoms with Crippen molar-refractivity contribution in [3.8, 4) is 0 Å². The smallest absolute Gasteiger partial charge is 0.325 e. The molecule has 8 heteroatoms. The van der Waals surface area contributed by atoms with Crippen LogP contribution in [0.15, 0.2) is 53.4 Å². The standard InChI is InChI=1S/C19H23ClN2O4S/c1-3-26-19(23)13-21-17-8-4-15(5-9-17)14(2)12-22-27(24,25)18-10-6-16(20)7-11-18/h4-11,14,21-22H,3,12-13H2,1-2H3. The molecule has 0 aliphatic carbocycles. The monoisotopic (exact) mass is 410 g/mol. The van der Waals surface area contributed by atoms with E-state index >= 15 is 0 Å². The fourth-order valence-corrected chi connectivity index (χ4v) is 3.62. The average Bonchev–Trinajstić information content (AvgIpc) is 2.65. The molecule has 0 heterocycles. The van der Waals surface area contributed by atoms with Crippen molar-refractivity contribution in [3.05, 3.63) is 59.1 Å². The third kappa shape index (κ3) is 6.53. The molecule has 6 nitrogen and oxygen atoms in total. The first-order chi connectivity index (χ1) is 12.8. The summed E-state index contributed by atoms with van der Waals surface area (Å²) in [5, 5.41) is 3.47. The van der Waals surface area contributed by atoms with Gasteiger partial charge < -0.3 is 10.1 Å². The quantitative estimate of drug-likeness (QED) is 0.619. The zero-order valence-electron chi connectivity index (χ0n) is 15.2. The minimum atomic E-state index is -3.58. The van der Waals surface area contributed by atoms with E-state index in [1.54, 1.807) is 19.1 Å². The third-order valence-electron chi connectivity index (χ3n) is 3.93. The minimum absolute atomic E-state index is 0.0221. The maximum Gasteiger partial charge on any atom is 0.325 e. The van der Waals surface area contributed by atoms with Crippen molar-refractivity contribution in [2.75, 3.05) is 25.0 Å². The van der Waals surface area contributed by atoms with E-state index in [0.717, 1.165) is 11.3 Å². The number of nitrogens with one attached hydrogen (secondary N) is 2. The van der Waals surface area contributed by atoms with Crippen LogP contribution in [0.3, 0.4) is 0 Å². The Morgan fingerprint density at radius 2 is 1.74 bits per heavy atom. The van der Waals surface area contributed by atoms with Gasteiger partial charge in [-0.15, -0.1) is 0 Å². The van der Waals surface area contributed by atoms with Crippen LogP contribution in [-0.4, -0.2) is 34.1 Å². The number of hydrogen-bond acceptors (Lipinski definition) is 5. The number of hydrogen-bond donors (Lipinski definition) is 2. The van der Waals surface area contributed by atoms with E-state index in [2.05, 4.69) is 10.0 Å². The van der Waals surface area contributed by atoms with Crippen LogP contribution in [-0.2, 0) is 19.6 Å². The molecule has 0 spiro atoms. The average molecular weight is 411 g/mol. The van der Waals surface area contributed by atoms with Gasteiger partial charge in [0.05, 0.1) is 11.5 Å². The molecule has 0 fully saturated rings. The molecule has 2 aromatic carbocycles. The van der Waals surface area contributed by atoms with Crippen LogP contribution in [0, 0.1) is 0 Å². The zero-order valence-corrected chi connectivity index (χ0v) is 16.8. The summed E-state index contributed by atoms with van der Waals surface area (Å²) in [6.07, 6.45) is 0. The molecule has 0 amide bonds. The van der Waals surface area contributed by atoms with E-state index in [1.807, 2.05) is 31.2 Å². The zero-order chi connectivity index (χ0) is 19.9. The molecule has 27 heavy (non-hydrogen) atoms. The van der Waals surface area contributed by atoms with Crippen LogP contribution in [0.25, 0.3) is 0 Å². The van der Waals surface area contributed by atoms with Gasteiger partial charge in [-0.3, -0.25) is 4.79 Å². The topological polar surface area (TPSA) is 84.5 Å². The summed E-state index contributed by atoms with van der Waals surface area (Å²) in [5.41, 5.74) is 1.77. The van der Waals surface area contributed by atoms with Crippen molar-refractivity contribution in [1.82, 2.24) is 4.72 Å². The number of esters is 1. The first kappa shape index (κ1) is 21.2. The highest BCUT2D eigenvalue weighted by Gasteiger charge is 2.16. The van der Waals surface area contributed by atoms with Crippen molar-refractivity contribution >= 4 is 33.3 Å². The summed E-state index contributed by atoms with van der Waals surface area (Å²) in [6.45, 7) is 4.41.